The quantitative estimate of drug-likeness (QED) is 0.787. The van der Waals surface area contributed by atoms with E-state index in [1.165, 1.54) is 5.69 Å². The van der Waals surface area contributed by atoms with Gasteiger partial charge in [-0.2, -0.15) is 0 Å². The molecule has 1 aliphatic heterocycles. The lowest BCUT2D eigenvalue weighted by molar-refractivity contribution is 0.589. The maximum atomic E-state index is 4.10. The van der Waals surface area contributed by atoms with Crippen molar-refractivity contribution >= 4 is 5.69 Å². The maximum Gasteiger partial charge on any atom is 0.0553 e. The second-order valence-corrected chi connectivity index (χ2v) is 4.68. The number of pyridine rings is 1. The number of nitrogens with zero attached hydrogens (tertiary/aromatic N) is 2. The predicted molar refractivity (Wildman–Crippen MR) is 69.8 cm³/mol. The number of hydrogen-bond donors (Lipinski definition) is 1. The van der Waals surface area contributed by atoms with Gasteiger partial charge < -0.3 is 10.2 Å². The van der Waals surface area contributed by atoms with Crippen LogP contribution >= 0.6 is 0 Å². The summed E-state index contributed by atoms with van der Waals surface area (Å²) in [5.74, 6) is 0.833. The number of hydrogen-bond acceptors (Lipinski definition) is 3. The minimum absolute atomic E-state index is 0.833. The first-order valence-electron chi connectivity index (χ1n) is 6.06. The van der Waals surface area contributed by atoms with Gasteiger partial charge in [0, 0.05) is 32.4 Å². The Morgan fingerprint density at radius 3 is 2.38 bits per heavy atom. The fraction of sp³-hybridized carbons (Fsp3) is 0.615. The summed E-state index contributed by atoms with van der Waals surface area (Å²) in [6, 6.07) is 4.09. The fourth-order valence-electron chi connectivity index (χ4n) is 1.46. The molecule has 0 amide bonds. The van der Waals surface area contributed by atoms with Crippen LogP contribution in [0, 0.1) is 5.92 Å². The molecule has 1 aromatic heterocycles. The smallest absolute Gasteiger partial charge is 0.0553 e. The third-order valence-electron chi connectivity index (χ3n) is 2.13. The largest absolute Gasteiger partial charge is 0.368 e. The van der Waals surface area contributed by atoms with Crippen molar-refractivity contribution in [3.05, 3.63) is 24.5 Å². The summed E-state index contributed by atoms with van der Waals surface area (Å²) in [4.78, 5) is 6.45. The first-order chi connectivity index (χ1) is 7.70. The third-order valence-corrected chi connectivity index (χ3v) is 2.13. The molecule has 2 rings (SSSR count). The molecule has 0 radical (unpaired) electrons. The summed E-state index contributed by atoms with van der Waals surface area (Å²) in [7, 11) is 0. The van der Waals surface area contributed by atoms with E-state index < -0.39 is 0 Å². The van der Waals surface area contributed by atoms with E-state index in [0.29, 0.717) is 0 Å². The van der Waals surface area contributed by atoms with Crippen molar-refractivity contribution in [2.24, 2.45) is 5.92 Å². The van der Waals surface area contributed by atoms with Crippen molar-refractivity contribution in [3.8, 4) is 0 Å². The normalized spacial score (nSPS) is 15.6. The van der Waals surface area contributed by atoms with Crippen LogP contribution < -0.4 is 10.2 Å². The van der Waals surface area contributed by atoms with Crippen molar-refractivity contribution in [2.45, 2.75) is 20.8 Å². The van der Waals surface area contributed by atoms with Gasteiger partial charge in [-0.15, -0.1) is 0 Å². The first kappa shape index (κ1) is 13.0. The zero-order valence-corrected chi connectivity index (χ0v) is 10.6. The molecule has 0 unspecified atom stereocenters. The minimum Gasteiger partial charge on any atom is -0.368 e. The molecule has 0 atom stereocenters. The summed E-state index contributed by atoms with van der Waals surface area (Å²) in [5, 5.41) is 3.32. The van der Waals surface area contributed by atoms with Crippen LogP contribution in [0.4, 0.5) is 5.69 Å². The topological polar surface area (TPSA) is 28.2 Å². The lowest BCUT2D eigenvalue weighted by Crippen LogP contribution is -2.43. The Balaban J connectivity index is 0.000000280. The van der Waals surface area contributed by atoms with Crippen LogP contribution in [0.5, 0.6) is 0 Å². The molecule has 3 nitrogen and oxygen atoms in total. The van der Waals surface area contributed by atoms with E-state index >= 15 is 0 Å². The molecular formula is C13H23N3. The standard InChI is InChI=1S/C9H13N3.C4H10/c1-2-9(8-11-3-1)12-6-4-10-5-7-12;1-4(2)3/h1-3,8,10H,4-7H2;4H,1-3H3. The Kier molecular flexibility index (Phi) is 5.86. The molecule has 0 spiro atoms. The predicted octanol–water partition coefficient (Wildman–Crippen LogP) is 2.15. The first-order valence-corrected chi connectivity index (χ1v) is 6.06. The van der Waals surface area contributed by atoms with E-state index in [4.69, 9.17) is 0 Å². The van der Waals surface area contributed by atoms with E-state index in [-0.39, 0.29) is 0 Å². The van der Waals surface area contributed by atoms with Gasteiger partial charge in [0.2, 0.25) is 0 Å². The molecule has 0 aliphatic carbocycles. The van der Waals surface area contributed by atoms with Gasteiger partial charge in [-0.1, -0.05) is 20.8 Å². The highest BCUT2D eigenvalue weighted by Gasteiger charge is 2.08. The molecule has 0 saturated carbocycles. The molecule has 2 heterocycles. The van der Waals surface area contributed by atoms with Crippen LogP contribution in [0.3, 0.4) is 0 Å². The zero-order chi connectivity index (χ0) is 11.8. The van der Waals surface area contributed by atoms with E-state index in [1.807, 2.05) is 18.5 Å². The Hall–Kier alpha value is -1.09. The molecule has 0 aromatic carbocycles. The SMILES string of the molecule is CC(C)C.c1cncc(N2CCNCC2)c1. The van der Waals surface area contributed by atoms with Crippen molar-refractivity contribution < 1.29 is 0 Å². The van der Waals surface area contributed by atoms with E-state index in [2.05, 4.69) is 42.0 Å². The summed E-state index contributed by atoms with van der Waals surface area (Å²) in [6.45, 7) is 10.8. The number of aromatic nitrogens is 1. The molecular weight excluding hydrogens is 198 g/mol. The number of rotatable bonds is 1. The Bertz CT molecular complexity index is 263. The molecule has 1 saturated heterocycles. The van der Waals surface area contributed by atoms with Crippen LogP contribution in [0.15, 0.2) is 24.5 Å². The van der Waals surface area contributed by atoms with Crippen molar-refractivity contribution in [1.29, 1.82) is 0 Å². The Morgan fingerprint density at radius 1 is 1.25 bits per heavy atom. The molecule has 1 fully saturated rings. The summed E-state index contributed by atoms with van der Waals surface area (Å²) < 4.78 is 0. The average molecular weight is 221 g/mol. The summed E-state index contributed by atoms with van der Waals surface area (Å²) in [5.41, 5.74) is 1.24. The van der Waals surface area contributed by atoms with Gasteiger partial charge in [-0.25, -0.2) is 0 Å². The molecule has 1 N–H and O–H groups in total. The second kappa shape index (κ2) is 7.23. The van der Waals surface area contributed by atoms with Gasteiger partial charge in [-0.3, -0.25) is 4.98 Å². The van der Waals surface area contributed by atoms with Crippen molar-refractivity contribution in [3.63, 3.8) is 0 Å². The number of piperazine rings is 1. The second-order valence-electron chi connectivity index (χ2n) is 4.68. The van der Waals surface area contributed by atoms with Crippen molar-refractivity contribution in [1.82, 2.24) is 10.3 Å². The molecule has 16 heavy (non-hydrogen) atoms. The van der Waals surface area contributed by atoms with Gasteiger partial charge in [0.05, 0.1) is 11.9 Å². The third kappa shape index (κ3) is 5.12. The summed E-state index contributed by atoms with van der Waals surface area (Å²) >= 11 is 0. The highest BCUT2D eigenvalue weighted by atomic mass is 15.2. The van der Waals surface area contributed by atoms with Crippen molar-refractivity contribution in [2.75, 3.05) is 31.1 Å². The van der Waals surface area contributed by atoms with Crippen LogP contribution in [0.1, 0.15) is 20.8 Å². The number of anilines is 1. The average Bonchev–Trinajstić information content (AvgIpc) is 2.31. The van der Waals surface area contributed by atoms with E-state index in [1.54, 1.807) is 0 Å². The van der Waals surface area contributed by atoms with Gasteiger partial charge >= 0.3 is 0 Å². The fourth-order valence-corrected chi connectivity index (χ4v) is 1.46. The maximum absolute atomic E-state index is 4.10. The molecule has 0 bridgehead atoms. The molecule has 90 valence electrons. The lowest BCUT2D eigenvalue weighted by atomic mass is 10.3. The van der Waals surface area contributed by atoms with Gasteiger partial charge in [0.25, 0.3) is 0 Å². The van der Waals surface area contributed by atoms with Crippen LogP contribution in [-0.2, 0) is 0 Å². The van der Waals surface area contributed by atoms with Crippen LogP contribution in [-0.4, -0.2) is 31.2 Å². The van der Waals surface area contributed by atoms with Gasteiger partial charge in [0.15, 0.2) is 0 Å². The van der Waals surface area contributed by atoms with Gasteiger partial charge in [-0.05, 0) is 18.1 Å². The van der Waals surface area contributed by atoms with E-state index in [9.17, 15) is 0 Å². The Labute approximate surface area is 98.9 Å². The van der Waals surface area contributed by atoms with Crippen LogP contribution in [0.2, 0.25) is 0 Å². The monoisotopic (exact) mass is 221 g/mol. The molecule has 3 heteroatoms. The van der Waals surface area contributed by atoms with Crippen LogP contribution in [0.25, 0.3) is 0 Å². The van der Waals surface area contributed by atoms with E-state index in [0.717, 1.165) is 32.1 Å². The Morgan fingerprint density at radius 2 is 1.88 bits per heavy atom. The highest BCUT2D eigenvalue weighted by Crippen LogP contribution is 2.11. The highest BCUT2D eigenvalue weighted by molar-refractivity contribution is 5.43. The summed E-state index contributed by atoms with van der Waals surface area (Å²) in [6.07, 6.45) is 3.73. The lowest BCUT2D eigenvalue weighted by Gasteiger charge is -2.28. The van der Waals surface area contributed by atoms with Gasteiger partial charge in [0.1, 0.15) is 0 Å². The number of nitrogens with one attached hydrogen (secondary N) is 1. The molecule has 1 aromatic rings. The molecule has 1 aliphatic rings. The minimum atomic E-state index is 0.833. The zero-order valence-electron chi connectivity index (χ0n) is 10.6.